The van der Waals surface area contributed by atoms with Crippen molar-refractivity contribution in [3.05, 3.63) is 28.8 Å². The SMILES string of the molecule is CNCCC1CCCCN1c1ccc(C(N)=O)c(Cl)c1. The van der Waals surface area contributed by atoms with E-state index in [0.717, 1.165) is 25.2 Å². The van der Waals surface area contributed by atoms with Gasteiger partial charge in [-0.05, 0) is 57.5 Å². The first-order chi connectivity index (χ1) is 9.63. The predicted octanol–water partition coefficient (Wildman–Crippen LogP) is 2.41. The van der Waals surface area contributed by atoms with Gasteiger partial charge in [0.15, 0.2) is 0 Å². The summed E-state index contributed by atoms with van der Waals surface area (Å²) in [5.74, 6) is -0.480. The number of nitrogens with one attached hydrogen (secondary N) is 1. The first-order valence-electron chi connectivity index (χ1n) is 7.14. The van der Waals surface area contributed by atoms with Crippen LogP contribution in [0.25, 0.3) is 0 Å². The van der Waals surface area contributed by atoms with Gasteiger partial charge in [-0.2, -0.15) is 0 Å². The number of benzene rings is 1. The van der Waals surface area contributed by atoms with Gasteiger partial charge >= 0.3 is 0 Å². The van der Waals surface area contributed by atoms with Crippen molar-refractivity contribution in [3.63, 3.8) is 0 Å². The fourth-order valence-electron chi connectivity index (χ4n) is 2.83. The topological polar surface area (TPSA) is 58.4 Å². The third-order valence-corrected chi connectivity index (χ3v) is 4.22. The Labute approximate surface area is 125 Å². The van der Waals surface area contributed by atoms with E-state index in [-0.39, 0.29) is 0 Å². The number of halogens is 1. The first kappa shape index (κ1) is 15.1. The summed E-state index contributed by atoms with van der Waals surface area (Å²) in [4.78, 5) is 13.6. The maximum Gasteiger partial charge on any atom is 0.250 e. The van der Waals surface area contributed by atoms with Gasteiger partial charge < -0.3 is 16.0 Å². The molecule has 0 aromatic heterocycles. The van der Waals surface area contributed by atoms with Crippen LogP contribution in [-0.2, 0) is 0 Å². The molecule has 1 aromatic carbocycles. The van der Waals surface area contributed by atoms with E-state index >= 15 is 0 Å². The maximum atomic E-state index is 11.2. The standard InChI is InChI=1S/C15H22ClN3O/c1-18-8-7-11-4-2-3-9-19(11)12-5-6-13(15(17)20)14(16)10-12/h5-6,10-11,18H,2-4,7-9H2,1H3,(H2,17,20). The second kappa shape index (κ2) is 6.95. The molecule has 0 bridgehead atoms. The van der Waals surface area contributed by atoms with Crippen molar-refractivity contribution in [2.24, 2.45) is 5.73 Å². The number of carbonyl (C=O) groups excluding carboxylic acids is 1. The minimum Gasteiger partial charge on any atom is -0.368 e. The third kappa shape index (κ3) is 3.44. The van der Waals surface area contributed by atoms with Gasteiger partial charge in [-0.1, -0.05) is 11.6 Å². The molecule has 0 spiro atoms. The zero-order valence-corrected chi connectivity index (χ0v) is 12.6. The van der Waals surface area contributed by atoms with Gasteiger partial charge in [0.1, 0.15) is 0 Å². The van der Waals surface area contributed by atoms with Crippen LogP contribution < -0.4 is 16.0 Å². The normalized spacial score (nSPS) is 19.1. The molecule has 1 saturated heterocycles. The number of anilines is 1. The maximum absolute atomic E-state index is 11.2. The molecule has 0 radical (unpaired) electrons. The van der Waals surface area contributed by atoms with Crippen molar-refractivity contribution >= 4 is 23.2 Å². The molecule has 1 amide bonds. The van der Waals surface area contributed by atoms with E-state index in [4.69, 9.17) is 17.3 Å². The number of carbonyl (C=O) groups is 1. The monoisotopic (exact) mass is 295 g/mol. The molecule has 1 fully saturated rings. The van der Waals surface area contributed by atoms with Gasteiger partial charge in [0.25, 0.3) is 0 Å². The number of nitrogens with zero attached hydrogens (tertiary/aromatic N) is 1. The molecule has 1 aromatic rings. The summed E-state index contributed by atoms with van der Waals surface area (Å²) in [6.45, 7) is 2.05. The van der Waals surface area contributed by atoms with Crippen molar-refractivity contribution in [3.8, 4) is 0 Å². The smallest absolute Gasteiger partial charge is 0.250 e. The minimum atomic E-state index is -0.480. The summed E-state index contributed by atoms with van der Waals surface area (Å²) >= 11 is 6.16. The minimum absolute atomic E-state index is 0.388. The number of hydrogen-bond acceptors (Lipinski definition) is 3. The van der Waals surface area contributed by atoms with Crippen molar-refractivity contribution < 1.29 is 4.79 Å². The van der Waals surface area contributed by atoms with Crippen LogP contribution in [0.1, 0.15) is 36.0 Å². The summed E-state index contributed by atoms with van der Waals surface area (Å²) in [7, 11) is 1.98. The molecule has 1 aliphatic rings. The van der Waals surface area contributed by atoms with E-state index < -0.39 is 5.91 Å². The van der Waals surface area contributed by atoms with E-state index in [9.17, 15) is 4.79 Å². The summed E-state index contributed by atoms with van der Waals surface area (Å²) in [5.41, 5.74) is 6.76. The lowest BCUT2D eigenvalue weighted by atomic mass is 9.98. The molecule has 1 heterocycles. The largest absolute Gasteiger partial charge is 0.368 e. The zero-order chi connectivity index (χ0) is 14.5. The van der Waals surface area contributed by atoms with E-state index in [0.29, 0.717) is 16.6 Å². The highest BCUT2D eigenvalue weighted by Gasteiger charge is 2.23. The number of hydrogen-bond donors (Lipinski definition) is 2. The number of rotatable bonds is 5. The van der Waals surface area contributed by atoms with Crippen molar-refractivity contribution in [2.75, 3.05) is 25.0 Å². The molecule has 110 valence electrons. The summed E-state index contributed by atoms with van der Waals surface area (Å²) in [6, 6.07) is 6.07. The highest BCUT2D eigenvalue weighted by Crippen LogP contribution is 2.29. The average molecular weight is 296 g/mol. The lowest BCUT2D eigenvalue weighted by Crippen LogP contribution is -2.41. The van der Waals surface area contributed by atoms with Crippen LogP contribution >= 0.6 is 11.6 Å². The van der Waals surface area contributed by atoms with Crippen LogP contribution in [0.4, 0.5) is 5.69 Å². The van der Waals surface area contributed by atoms with E-state index in [2.05, 4.69) is 10.2 Å². The Morgan fingerprint density at radius 3 is 2.95 bits per heavy atom. The molecule has 5 heteroatoms. The predicted molar refractivity (Wildman–Crippen MR) is 83.5 cm³/mol. The highest BCUT2D eigenvalue weighted by atomic mass is 35.5. The van der Waals surface area contributed by atoms with Gasteiger partial charge in [-0.3, -0.25) is 4.79 Å². The summed E-state index contributed by atoms with van der Waals surface area (Å²) in [5, 5.41) is 3.65. The van der Waals surface area contributed by atoms with Gasteiger partial charge in [-0.15, -0.1) is 0 Å². The molecule has 3 N–H and O–H groups in total. The second-order valence-electron chi connectivity index (χ2n) is 5.26. The van der Waals surface area contributed by atoms with Crippen LogP contribution in [0, 0.1) is 0 Å². The molecule has 0 aliphatic carbocycles. The van der Waals surface area contributed by atoms with E-state index in [1.165, 1.54) is 19.3 Å². The molecule has 20 heavy (non-hydrogen) atoms. The second-order valence-corrected chi connectivity index (χ2v) is 5.67. The van der Waals surface area contributed by atoms with E-state index in [1.54, 1.807) is 6.07 Å². The number of nitrogens with two attached hydrogens (primary N) is 1. The van der Waals surface area contributed by atoms with Gasteiger partial charge in [-0.25, -0.2) is 0 Å². The van der Waals surface area contributed by atoms with Crippen molar-refractivity contribution in [2.45, 2.75) is 31.7 Å². The Bertz CT molecular complexity index is 478. The number of amides is 1. The van der Waals surface area contributed by atoms with Crippen LogP contribution in [0.3, 0.4) is 0 Å². The van der Waals surface area contributed by atoms with Crippen LogP contribution in [0.15, 0.2) is 18.2 Å². The van der Waals surface area contributed by atoms with Crippen LogP contribution in [0.2, 0.25) is 5.02 Å². The Kier molecular flexibility index (Phi) is 5.26. The average Bonchev–Trinajstić information content (AvgIpc) is 2.45. The number of piperidine rings is 1. The highest BCUT2D eigenvalue weighted by molar-refractivity contribution is 6.34. The summed E-state index contributed by atoms with van der Waals surface area (Å²) < 4.78 is 0. The Balaban J connectivity index is 2.19. The van der Waals surface area contributed by atoms with Crippen molar-refractivity contribution in [1.29, 1.82) is 0 Å². The Morgan fingerprint density at radius 1 is 1.50 bits per heavy atom. The molecule has 1 atom stereocenters. The molecular weight excluding hydrogens is 274 g/mol. The van der Waals surface area contributed by atoms with Gasteiger partial charge in [0, 0.05) is 18.3 Å². The Hall–Kier alpha value is -1.26. The molecule has 4 nitrogen and oxygen atoms in total. The fraction of sp³-hybridized carbons (Fsp3) is 0.533. The lowest BCUT2D eigenvalue weighted by molar-refractivity contribution is 0.100. The molecule has 2 rings (SSSR count). The van der Waals surface area contributed by atoms with Crippen LogP contribution in [-0.4, -0.2) is 32.1 Å². The molecule has 0 saturated carbocycles. The zero-order valence-electron chi connectivity index (χ0n) is 11.9. The van der Waals surface area contributed by atoms with Gasteiger partial charge in [0.2, 0.25) is 5.91 Å². The fourth-order valence-corrected chi connectivity index (χ4v) is 3.10. The van der Waals surface area contributed by atoms with E-state index in [1.807, 2.05) is 19.2 Å². The lowest BCUT2D eigenvalue weighted by Gasteiger charge is -2.38. The van der Waals surface area contributed by atoms with Crippen molar-refractivity contribution in [1.82, 2.24) is 5.32 Å². The molecule has 1 unspecified atom stereocenters. The molecular formula is C15H22ClN3O. The van der Waals surface area contributed by atoms with Gasteiger partial charge in [0.05, 0.1) is 10.6 Å². The molecule has 1 aliphatic heterocycles. The quantitative estimate of drug-likeness (QED) is 0.877. The Morgan fingerprint density at radius 2 is 2.30 bits per heavy atom. The summed E-state index contributed by atoms with van der Waals surface area (Å²) in [6.07, 6.45) is 4.80. The number of primary amides is 1. The first-order valence-corrected chi connectivity index (χ1v) is 7.52. The van der Waals surface area contributed by atoms with Crippen LogP contribution in [0.5, 0.6) is 0 Å². The third-order valence-electron chi connectivity index (χ3n) is 3.90.